The fourth-order valence-electron chi connectivity index (χ4n) is 1.91. The van der Waals surface area contributed by atoms with Gasteiger partial charge < -0.3 is 10.2 Å². The summed E-state index contributed by atoms with van der Waals surface area (Å²) in [6.07, 6.45) is 3.62. The van der Waals surface area contributed by atoms with Crippen LogP contribution in [0.2, 0.25) is 0 Å². The maximum Gasteiger partial charge on any atom is 0.147 e. The van der Waals surface area contributed by atoms with Crippen molar-refractivity contribution in [2.45, 2.75) is 33.0 Å². The van der Waals surface area contributed by atoms with Gasteiger partial charge >= 0.3 is 0 Å². The molecule has 0 aliphatic heterocycles. The minimum atomic E-state index is 0.447. The molecule has 4 nitrogen and oxygen atoms in total. The number of hydrogen-bond acceptors (Lipinski definition) is 4. The number of rotatable bonds is 6. The molecule has 0 saturated carbocycles. The highest BCUT2D eigenvalue weighted by Gasteiger charge is 2.05. The molecule has 0 atom stereocenters. The van der Waals surface area contributed by atoms with Crippen LogP contribution in [0.5, 0.6) is 0 Å². The Labute approximate surface area is 120 Å². The molecule has 4 heteroatoms. The Bertz CT molecular complexity index is 525. The lowest BCUT2D eigenvalue weighted by molar-refractivity contribution is 0.580. The zero-order valence-corrected chi connectivity index (χ0v) is 12.4. The summed E-state index contributed by atoms with van der Waals surface area (Å²) in [5, 5.41) is 3.36. The molecule has 0 spiro atoms. The van der Waals surface area contributed by atoms with Crippen molar-refractivity contribution < 1.29 is 0 Å². The first kappa shape index (κ1) is 14.5. The molecule has 0 amide bonds. The van der Waals surface area contributed by atoms with E-state index in [1.54, 1.807) is 0 Å². The number of anilines is 1. The van der Waals surface area contributed by atoms with Gasteiger partial charge in [0.25, 0.3) is 0 Å². The normalized spacial score (nSPS) is 10.8. The fourth-order valence-corrected chi connectivity index (χ4v) is 1.91. The molecular weight excluding hydrogens is 248 g/mol. The zero-order valence-electron chi connectivity index (χ0n) is 12.4. The van der Waals surface area contributed by atoms with E-state index in [1.807, 2.05) is 25.5 Å². The Morgan fingerprint density at radius 2 is 1.90 bits per heavy atom. The largest absolute Gasteiger partial charge is 0.354 e. The van der Waals surface area contributed by atoms with Crippen molar-refractivity contribution in [1.29, 1.82) is 0 Å². The highest BCUT2D eigenvalue weighted by molar-refractivity contribution is 5.36. The summed E-state index contributed by atoms with van der Waals surface area (Å²) in [5.41, 5.74) is 2.23. The van der Waals surface area contributed by atoms with Crippen LogP contribution >= 0.6 is 0 Å². The van der Waals surface area contributed by atoms with Crippen LogP contribution in [0.25, 0.3) is 0 Å². The molecule has 0 unspecified atom stereocenters. The summed E-state index contributed by atoms with van der Waals surface area (Å²) in [7, 11) is 2.04. The number of nitrogens with zero attached hydrogens (tertiary/aromatic N) is 3. The van der Waals surface area contributed by atoms with Gasteiger partial charge in [-0.25, -0.2) is 4.98 Å². The van der Waals surface area contributed by atoms with Crippen LogP contribution in [0.1, 0.15) is 25.1 Å². The van der Waals surface area contributed by atoms with E-state index in [0.717, 1.165) is 24.6 Å². The summed E-state index contributed by atoms with van der Waals surface area (Å²) in [5.74, 6) is 0.900. The quantitative estimate of drug-likeness (QED) is 0.876. The summed E-state index contributed by atoms with van der Waals surface area (Å²) in [4.78, 5) is 11.0. The van der Waals surface area contributed by atoms with Crippen LogP contribution in [-0.2, 0) is 13.1 Å². The summed E-state index contributed by atoms with van der Waals surface area (Å²) < 4.78 is 0. The number of aromatic nitrogens is 2. The molecule has 0 aliphatic carbocycles. The van der Waals surface area contributed by atoms with Crippen LogP contribution < -0.4 is 10.2 Å². The van der Waals surface area contributed by atoms with Gasteiger partial charge in [0.05, 0.1) is 11.9 Å². The van der Waals surface area contributed by atoms with Gasteiger partial charge in [-0.2, -0.15) is 0 Å². The first-order chi connectivity index (χ1) is 9.65. The van der Waals surface area contributed by atoms with Crippen molar-refractivity contribution in [1.82, 2.24) is 15.3 Å². The van der Waals surface area contributed by atoms with Gasteiger partial charge in [0.2, 0.25) is 0 Å². The van der Waals surface area contributed by atoms with E-state index in [4.69, 9.17) is 0 Å². The van der Waals surface area contributed by atoms with E-state index >= 15 is 0 Å². The Morgan fingerprint density at radius 3 is 2.60 bits per heavy atom. The number of nitrogens with one attached hydrogen (secondary N) is 1. The predicted octanol–water partition coefficient (Wildman–Crippen LogP) is 2.61. The first-order valence-corrected chi connectivity index (χ1v) is 6.94. The summed E-state index contributed by atoms with van der Waals surface area (Å²) in [6.45, 7) is 5.83. The van der Waals surface area contributed by atoms with E-state index in [0.29, 0.717) is 6.04 Å². The molecule has 1 aromatic heterocycles. The van der Waals surface area contributed by atoms with E-state index in [1.165, 1.54) is 5.56 Å². The molecule has 2 aromatic rings. The van der Waals surface area contributed by atoms with Crippen molar-refractivity contribution in [3.63, 3.8) is 0 Å². The maximum absolute atomic E-state index is 4.64. The summed E-state index contributed by atoms with van der Waals surface area (Å²) >= 11 is 0. The fraction of sp³-hybridized carbons (Fsp3) is 0.375. The van der Waals surface area contributed by atoms with E-state index in [2.05, 4.69) is 58.3 Å². The Kier molecular flexibility index (Phi) is 5.07. The molecule has 1 heterocycles. The van der Waals surface area contributed by atoms with Gasteiger partial charge in [-0.05, 0) is 5.56 Å². The Balaban J connectivity index is 2.02. The Hall–Kier alpha value is -1.94. The second kappa shape index (κ2) is 7.01. The van der Waals surface area contributed by atoms with Crippen molar-refractivity contribution in [3.8, 4) is 0 Å². The molecule has 106 valence electrons. The van der Waals surface area contributed by atoms with Gasteiger partial charge in [0, 0.05) is 32.4 Å². The molecular formula is C16H22N4. The third kappa shape index (κ3) is 4.31. The lowest BCUT2D eigenvalue weighted by Gasteiger charge is -2.18. The third-order valence-corrected chi connectivity index (χ3v) is 3.02. The molecule has 1 aromatic carbocycles. The predicted molar refractivity (Wildman–Crippen MR) is 82.6 cm³/mol. The van der Waals surface area contributed by atoms with Crippen molar-refractivity contribution in [2.24, 2.45) is 0 Å². The molecule has 2 rings (SSSR count). The SMILES string of the molecule is CC(C)NCc1cncc(N(C)Cc2ccccc2)n1. The molecule has 0 bridgehead atoms. The molecule has 1 N–H and O–H groups in total. The van der Waals surface area contributed by atoms with E-state index in [9.17, 15) is 0 Å². The van der Waals surface area contributed by atoms with Crippen molar-refractivity contribution >= 4 is 5.82 Å². The van der Waals surface area contributed by atoms with Gasteiger partial charge in [0.15, 0.2) is 0 Å². The monoisotopic (exact) mass is 270 g/mol. The topological polar surface area (TPSA) is 41.1 Å². The molecule has 0 radical (unpaired) electrons. The van der Waals surface area contributed by atoms with Gasteiger partial charge in [-0.3, -0.25) is 4.98 Å². The number of hydrogen-bond donors (Lipinski definition) is 1. The van der Waals surface area contributed by atoms with Gasteiger partial charge in [0.1, 0.15) is 5.82 Å². The number of benzene rings is 1. The van der Waals surface area contributed by atoms with E-state index in [-0.39, 0.29) is 0 Å². The minimum Gasteiger partial charge on any atom is -0.354 e. The van der Waals surface area contributed by atoms with Crippen molar-refractivity contribution in [2.75, 3.05) is 11.9 Å². The third-order valence-electron chi connectivity index (χ3n) is 3.02. The van der Waals surface area contributed by atoms with Crippen molar-refractivity contribution in [3.05, 3.63) is 54.0 Å². The van der Waals surface area contributed by atoms with Crippen LogP contribution in [0.4, 0.5) is 5.82 Å². The molecule has 0 saturated heterocycles. The first-order valence-electron chi connectivity index (χ1n) is 6.94. The Morgan fingerprint density at radius 1 is 1.15 bits per heavy atom. The maximum atomic E-state index is 4.64. The molecule has 20 heavy (non-hydrogen) atoms. The lowest BCUT2D eigenvalue weighted by Crippen LogP contribution is -2.23. The van der Waals surface area contributed by atoms with Gasteiger partial charge in [-0.15, -0.1) is 0 Å². The van der Waals surface area contributed by atoms with Crippen LogP contribution in [0.15, 0.2) is 42.7 Å². The molecule has 0 fully saturated rings. The van der Waals surface area contributed by atoms with Gasteiger partial charge in [-0.1, -0.05) is 44.2 Å². The van der Waals surface area contributed by atoms with Crippen LogP contribution in [-0.4, -0.2) is 23.1 Å². The van der Waals surface area contributed by atoms with E-state index < -0.39 is 0 Å². The lowest BCUT2D eigenvalue weighted by atomic mass is 10.2. The highest BCUT2D eigenvalue weighted by atomic mass is 15.2. The summed E-state index contributed by atoms with van der Waals surface area (Å²) in [6, 6.07) is 10.8. The molecule has 0 aliphatic rings. The standard InChI is InChI=1S/C16H22N4/c1-13(2)18-10-15-9-17-11-16(19-15)20(3)12-14-7-5-4-6-8-14/h4-9,11,13,18H,10,12H2,1-3H3. The van der Waals surface area contributed by atoms with Crippen LogP contribution in [0, 0.1) is 0 Å². The highest BCUT2D eigenvalue weighted by Crippen LogP contribution is 2.12. The second-order valence-corrected chi connectivity index (χ2v) is 5.25. The average Bonchev–Trinajstić information content (AvgIpc) is 2.46. The zero-order chi connectivity index (χ0) is 14.4. The smallest absolute Gasteiger partial charge is 0.147 e. The second-order valence-electron chi connectivity index (χ2n) is 5.25. The average molecular weight is 270 g/mol. The minimum absolute atomic E-state index is 0.447. The van der Waals surface area contributed by atoms with Crippen LogP contribution in [0.3, 0.4) is 0 Å².